The Morgan fingerprint density at radius 3 is 2.52 bits per heavy atom. The van der Waals surface area contributed by atoms with Crippen molar-refractivity contribution in [2.75, 3.05) is 0 Å². The second-order valence-corrected chi connectivity index (χ2v) is 8.13. The van der Waals surface area contributed by atoms with E-state index in [1.165, 1.54) is 11.1 Å². The molecule has 2 rings (SSSR count). The summed E-state index contributed by atoms with van der Waals surface area (Å²) in [5, 5.41) is 26.1. The molecule has 1 aromatic heterocycles. The largest absolute Gasteiger partial charge is 0.508 e. The summed E-state index contributed by atoms with van der Waals surface area (Å²) < 4.78 is 1.78. The van der Waals surface area contributed by atoms with Crippen LogP contribution in [0.5, 0.6) is 11.5 Å². The van der Waals surface area contributed by atoms with Crippen LogP contribution < -0.4 is 0 Å². The first-order valence-electron chi connectivity index (χ1n) is 10.7. The quantitative estimate of drug-likeness (QED) is 0.357. The van der Waals surface area contributed by atoms with Crippen LogP contribution in [0.4, 0.5) is 0 Å². The van der Waals surface area contributed by atoms with Crippen LogP contribution in [0.25, 0.3) is 11.3 Å². The molecule has 0 aliphatic heterocycles. The number of nitrogens with zero attached hydrogens (tertiary/aromatic N) is 2. The van der Waals surface area contributed by atoms with Crippen molar-refractivity contribution in [1.82, 2.24) is 9.78 Å². The molecule has 1 heterocycles. The maximum Gasteiger partial charge on any atom is 0.132 e. The van der Waals surface area contributed by atoms with Crippen molar-refractivity contribution in [2.24, 2.45) is 7.05 Å². The molecular weight excluding hydrogens is 360 g/mol. The van der Waals surface area contributed by atoms with Crippen molar-refractivity contribution in [3.8, 4) is 22.8 Å². The molecule has 0 saturated carbocycles. The van der Waals surface area contributed by atoms with Gasteiger partial charge in [0.05, 0.1) is 5.69 Å². The summed E-state index contributed by atoms with van der Waals surface area (Å²) in [4.78, 5) is 0. The van der Waals surface area contributed by atoms with Crippen LogP contribution in [0, 0.1) is 0 Å². The van der Waals surface area contributed by atoms with Crippen molar-refractivity contribution in [3.05, 3.63) is 52.8 Å². The number of rotatable bonds is 10. The number of allylic oxidation sites excluding steroid dienone is 4. The van der Waals surface area contributed by atoms with Gasteiger partial charge in [-0.1, -0.05) is 43.1 Å². The van der Waals surface area contributed by atoms with Crippen LogP contribution in [0.15, 0.2) is 41.6 Å². The number of hydrogen-bond acceptors (Lipinski definition) is 3. The average molecular weight is 397 g/mol. The Hall–Kier alpha value is -2.49. The lowest BCUT2D eigenvalue weighted by Crippen LogP contribution is -2.00. The Morgan fingerprint density at radius 2 is 1.90 bits per heavy atom. The van der Waals surface area contributed by atoms with Crippen LogP contribution in [0.1, 0.15) is 70.9 Å². The first kappa shape index (κ1) is 22.8. The van der Waals surface area contributed by atoms with Gasteiger partial charge in [0.25, 0.3) is 0 Å². The Labute approximate surface area is 175 Å². The van der Waals surface area contributed by atoms with E-state index in [9.17, 15) is 10.2 Å². The number of aryl methyl sites for hydroxylation is 2. The zero-order valence-corrected chi connectivity index (χ0v) is 18.6. The smallest absolute Gasteiger partial charge is 0.132 e. The summed E-state index contributed by atoms with van der Waals surface area (Å²) >= 11 is 0. The zero-order valence-electron chi connectivity index (χ0n) is 18.6. The summed E-state index contributed by atoms with van der Waals surface area (Å²) in [6, 6.07) is 3.75. The summed E-state index contributed by atoms with van der Waals surface area (Å²) in [5.74, 6) is 0.349. The monoisotopic (exact) mass is 396 g/mol. The SMILES string of the molecule is CCCCCc1cc(O)c(C/C=C(\C)CCC=C(C)C)c(O)c1-c1ccnn1C. The van der Waals surface area contributed by atoms with Gasteiger partial charge >= 0.3 is 0 Å². The maximum absolute atomic E-state index is 11.1. The number of benzene rings is 1. The van der Waals surface area contributed by atoms with Crippen LogP contribution in [-0.2, 0) is 19.9 Å². The topological polar surface area (TPSA) is 58.3 Å². The van der Waals surface area contributed by atoms with Gasteiger partial charge in [0.15, 0.2) is 0 Å². The van der Waals surface area contributed by atoms with E-state index >= 15 is 0 Å². The van der Waals surface area contributed by atoms with Gasteiger partial charge in [0, 0.05) is 24.4 Å². The van der Waals surface area contributed by atoms with Crippen LogP contribution >= 0.6 is 0 Å². The third-order valence-corrected chi connectivity index (χ3v) is 5.34. The van der Waals surface area contributed by atoms with Crippen molar-refractivity contribution in [1.29, 1.82) is 0 Å². The molecule has 4 heteroatoms. The van der Waals surface area contributed by atoms with Crippen molar-refractivity contribution < 1.29 is 10.2 Å². The van der Waals surface area contributed by atoms with E-state index < -0.39 is 0 Å². The predicted molar refractivity (Wildman–Crippen MR) is 121 cm³/mol. The number of phenolic OH excluding ortho intramolecular Hbond substituents is 2. The highest BCUT2D eigenvalue weighted by Gasteiger charge is 2.20. The Morgan fingerprint density at radius 1 is 1.14 bits per heavy atom. The van der Waals surface area contributed by atoms with Crippen LogP contribution in [-0.4, -0.2) is 20.0 Å². The maximum atomic E-state index is 11.1. The van der Waals surface area contributed by atoms with Gasteiger partial charge < -0.3 is 10.2 Å². The van der Waals surface area contributed by atoms with Gasteiger partial charge in [0.1, 0.15) is 11.5 Å². The van der Waals surface area contributed by atoms with E-state index in [1.54, 1.807) is 10.9 Å². The molecule has 0 unspecified atom stereocenters. The van der Waals surface area contributed by atoms with Crippen LogP contribution in [0.3, 0.4) is 0 Å². The van der Waals surface area contributed by atoms with E-state index in [1.807, 2.05) is 19.2 Å². The number of aromatic hydroxyl groups is 2. The lowest BCUT2D eigenvalue weighted by atomic mass is 9.93. The van der Waals surface area contributed by atoms with E-state index in [-0.39, 0.29) is 11.5 Å². The minimum absolute atomic E-state index is 0.174. The molecular formula is C25H36N2O2. The average Bonchev–Trinajstić information content (AvgIpc) is 3.07. The minimum atomic E-state index is 0.174. The number of hydrogen-bond donors (Lipinski definition) is 2. The first-order valence-corrected chi connectivity index (χ1v) is 10.7. The minimum Gasteiger partial charge on any atom is -0.508 e. The molecule has 29 heavy (non-hydrogen) atoms. The highest BCUT2D eigenvalue weighted by molar-refractivity contribution is 5.75. The van der Waals surface area contributed by atoms with E-state index in [0.717, 1.165) is 55.3 Å². The summed E-state index contributed by atoms with van der Waals surface area (Å²) in [6.07, 6.45) is 12.7. The van der Waals surface area contributed by atoms with Crippen LogP contribution in [0.2, 0.25) is 0 Å². The second kappa shape index (κ2) is 10.9. The van der Waals surface area contributed by atoms with Gasteiger partial charge in [-0.25, -0.2) is 0 Å². The third-order valence-electron chi connectivity index (χ3n) is 5.34. The standard InChI is InChI=1S/C25H36N2O2/c1-6-7-8-12-20-17-23(28)21(14-13-19(4)11-9-10-18(2)3)25(29)24(20)22-15-16-26-27(22)5/h10,13,15-17,28-29H,6-9,11-12,14H2,1-5H3/b19-13+. The molecule has 0 aliphatic rings. The fourth-order valence-corrected chi connectivity index (χ4v) is 3.58. The molecule has 0 spiro atoms. The van der Waals surface area contributed by atoms with Gasteiger partial charge in [-0.05, 0) is 70.6 Å². The Balaban J connectivity index is 2.36. The molecule has 0 amide bonds. The Kier molecular flexibility index (Phi) is 8.56. The van der Waals surface area contributed by atoms with E-state index in [2.05, 4.69) is 44.9 Å². The van der Waals surface area contributed by atoms with Gasteiger partial charge in [-0.15, -0.1) is 0 Å². The second-order valence-electron chi connectivity index (χ2n) is 8.13. The predicted octanol–water partition coefficient (Wildman–Crippen LogP) is 6.47. The molecule has 0 bridgehead atoms. The molecule has 0 radical (unpaired) electrons. The summed E-state index contributed by atoms with van der Waals surface area (Å²) in [7, 11) is 1.88. The molecule has 1 aromatic carbocycles. The molecule has 0 saturated heterocycles. The molecule has 0 aliphatic carbocycles. The van der Waals surface area contributed by atoms with Crippen molar-refractivity contribution >= 4 is 0 Å². The molecule has 158 valence electrons. The number of unbranched alkanes of at least 4 members (excludes halogenated alkanes) is 2. The lowest BCUT2D eigenvalue weighted by molar-refractivity contribution is 0.440. The van der Waals surface area contributed by atoms with Gasteiger partial charge in [0.2, 0.25) is 0 Å². The van der Waals surface area contributed by atoms with Crippen molar-refractivity contribution in [2.45, 2.75) is 72.6 Å². The molecule has 0 atom stereocenters. The lowest BCUT2D eigenvalue weighted by Gasteiger charge is -2.17. The number of phenols is 2. The molecule has 2 aromatic rings. The number of aromatic nitrogens is 2. The van der Waals surface area contributed by atoms with E-state index in [4.69, 9.17) is 0 Å². The fraction of sp³-hybridized carbons (Fsp3) is 0.480. The normalized spacial score (nSPS) is 11.7. The summed E-state index contributed by atoms with van der Waals surface area (Å²) in [6.45, 7) is 8.49. The highest BCUT2D eigenvalue weighted by Crippen LogP contribution is 2.41. The highest BCUT2D eigenvalue weighted by atomic mass is 16.3. The Bertz CT molecular complexity index is 871. The summed E-state index contributed by atoms with van der Waals surface area (Å²) in [5.41, 5.74) is 5.82. The fourth-order valence-electron chi connectivity index (χ4n) is 3.58. The zero-order chi connectivity index (χ0) is 21.4. The first-order chi connectivity index (χ1) is 13.8. The third kappa shape index (κ3) is 6.25. The molecule has 4 nitrogen and oxygen atoms in total. The van der Waals surface area contributed by atoms with Gasteiger partial charge in [-0.3, -0.25) is 4.68 Å². The molecule has 0 fully saturated rings. The van der Waals surface area contributed by atoms with Gasteiger partial charge in [-0.2, -0.15) is 5.10 Å². The molecule has 2 N–H and O–H groups in total. The van der Waals surface area contributed by atoms with Crippen molar-refractivity contribution in [3.63, 3.8) is 0 Å². The van der Waals surface area contributed by atoms with E-state index in [0.29, 0.717) is 12.0 Å².